The van der Waals surface area contributed by atoms with Gasteiger partial charge in [-0.2, -0.15) is 0 Å². The van der Waals surface area contributed by atoms with Gasteiger partial charge in [-0.1, -0.05) is 186 Å². The number of carbonyl (C=O) groups excluding carboxylic acids is 3. The van der Waals surface area contributed by atoms with Gasteiger partial charge >= 0.3 is 11.9 Å². The van der Waals surface area contributed by atoms with Crippen molar-refractivity contribution in [3.8, 4) is 0 Å². The maximum atomic E-state index is 14.2. The second-order valence-corrected chi connectivity index (χ2v) is 15.8. The van der Waals surface area contributed by atoms with Crippen LogP contribution in [0.5, 0.6) is 0 Å². The smallest absolute Gasteiger partial charge is 0.308 e. The Morgan fingerprint density at radius 2 is 0.964 bits per heavy atom. The highest BCUT2D eigenvalue weighted by Crippen LogP contribution is 2.22. The van der Waals surface area contributed by atoms with Gasteiger partial charge in [0.25, 0.3) is 0 Å². The van der Waals surface area contributed by atoms with Gasteiger partial charge in [0.15, 0.2) is 0 Å². The lowest BCUT2D eigenvalue weighted by atomic mass is 9.94. The normalized spacial score (nSPS) is 13.0. The number of rotatable bonds is 38. The number of hydrogen-bond acceptors (Lipinski definition) is 7. The highest BCUT2D eigenvalue weighted by atomic mass is 16.5. The number of amides is 1. The first-order valence-electron chi connectivity index (χ1n) is 22.9. The van der Waals surface area contributed by atoms with E-state index in [1.165, 1.54) is 64.2 Å². The molecule has 1 aromatic carbocycles. The van der Waals surface area contributed by atoms with Crippen molar-refractivity contribution in [1.29, 1.82) is 0 Å². The Kier molecular flexibility index (Phi) is 33.0. The summed E-state index contributed by atoms with van der Waals surface area (Å²) in [6.45, 7) is 9.64. The van der Waals surface area contributed by atoms with Crippen molar-refractivity contribution >= 4 is 17.8 Å². The molecule has 0 saturated heterocycles. The molecule has 318 valence electrons. The second kappa shape index (κ2) is 35.9. The molecule has 0 aliphatic rings. The topological polar surface area (TPSA) is 105 Å². The summed E-state index contributed by atoms with van der Waals surface area (Å²) in [5, 5.41) is 12.8. The molecule has 1 amide bonds. The molecule has 8 nitrogen and oxygen atoms in total. The van der Waals surface area contributed by atoms with E-state index in [1.807, 2.05) is 30.3 Å². The first kappa shape index (κ1) is 50.6. The average molecular weight is 773 g/mol. The molecule has 0 bridgehead atoms. The first-order valence-corrected chi connectivity index (χ1v) is 22.9. The van der Waals surface area contributed by atoms with E-state index in [1.54, 1.807) is 4.90 Å². The lowest BCUT2D eigenvalue weighted by Gasteiger charge is -2.28. The fourth-order valence-electron chi connectivity index (χ4n) is 7.37. The Labute approximate surface area is 337 Å². The Bertz CT molecular complexity index is 1000. The summed E-state index contributed by atoms with van der Waals surface area (Å²) in [6.07, 6.45) is 27.0. The summed E-state index contributed by atoms with van der Waals surface area (Å²) in [4.78, 5) is 42.8. The number of unbranched alkanes of at least 4 members (excludes halogenated alkanes) is 16. The largest absolute Gasteiger partial charge is 0.464 e. The van der Waals surface area contributed by atoms with Gasteiger partial charge in [0.2, 0.25) is 5.91 Å². The zero-order chi connectivity index (χ0) is 40.2. The molecule has 2 N–H and O–H groups in total. The molecule has 0 fully saturated rings. The third kappa shape index (κ3) is 26.2. The van der Waals surface area contributed by atoms with Crippen molar-refractivity contribution in [2.24, 2.45) is 11.8 Å². The van der Waals surface area contributed by atoms with E-state index in [0.717, 1.165) is 95.5 Å². The van der Waals surface area contributed by atoms with Gasteiger partial charge in [-0.05, 0) is 37.7 Å². The fourth-order valence-corrected chi connectivity index (χ4v) is 7.37. The Morgan fingerprint density at radius 3 is 1.36 bits per heavy atom. The third-order valence-corrected chi connectivity index (χ3v) is 10.9. The summed E-state index contributed by atoms with van der Waals surface area (Å²) in [5.41, 5.74) is 1.00. The van der Waals surface area contributed by atoms with Crippen LogP contribution in [0.2, 0.25) is 0 Å². The first-order chi connectivity index (χ1) is 26.9. The van der Waals surface area contributed by atoms with Crippen molar-refractivity contribution in [3.63, 3.8) is 0 Å². The maximum absolute atomic E-state index is 14.2. The lowest BCUT2D eigenvalue weighted by molar-refractivity contribution is -0.152. The van der Waals surface area contributed by atoms with Crippen LogP contribution in [0.3, 0.4) is 0 Å². The zero-order valence-electron chi connectivity index (χ0n) is 36.0. The van der Waals surface area contributed by atoms with E-state index in [-0.39, 0.29) is 69.1 Å². The molecule has 55 heavy (non-hydrogen) atoms. The second-order valence-electron chi connectivity index (χ2n) is 15.8. The van der Waals surface area contributed by atoms with Gasteiger partial charge in [0.05, 0.1) is 37.6 Å². The molecule has 3 unspecified atom stereocenters. The van der Waals surface area contributed by atoms with E-state index >= 15 is 0 Å². The number of aliphatic hydroxyl groups is 1. The number of hydrogen-bond donors (Lipinski definition) is 2. The van der Waals surface area contributed by atoms with Crippen LogP contribution in [0.1, 0.15) is 187 Å². The molecular weight excluding hydrogens is 689 g/mol. The molecule has 3 atom stereocenters. The van der Waals surface area contributed by atoms with Crippen molar-refractivity contribution in [3.05, 3.63) is 35.9 Å². The minimum Gasteiger partial charge on any atom is -0.464 e. The SMILES string of the molecule is CCCCCCCCC(CCCCCC)C(=O)OCCN(CCOC(=O)C(CCCCCC)CCCCCCCC)C(=O)C(Cc1ccccc1)NCCO. The van der Waals surface area contributed by atoms with Gasteiger partial charge in [-0.3, -0.25) is 14.4 Å². The molecule has 0 aromatic heterocycles. The van der Waals surface area contributed by atoms with E-state index in [0.29, 0.717) is 6.42 Å². The molecule has 0 aliphatic heterocycles. The number of aliphatic hydroxyl groups excluding tert-OH is 1. The summed E-state index contributed by atoms with van der Waals surface area (Å²) in [7, 11) is 0. The van der Waals surface area contributed by atoms with Crippen LogP contribution < -0.4 is 5.32 Å². The molecule has 8 heteroatoms. The molecule has 0 saturated carbocycles. The Balaban J connectivity index is 3.01. The van der Waals surface area contributed by atoms with E-state index in [4.69, 9.17) is 9.47 Å². The monoisotopic (exact) mass is 773 g/mol. The van der Waals surface area contributed by atoms with Gasteiger partial charge in [0, 0.05) is 6.54 Å². The van der Waals surface area contributed by atoms with E-state index in [2.05, 4.69) is 33.0 Å². The number of benzene rings is 1. The Morgan fingerprint density at radius 1 is 0.582 bits per heavy atom. The standard InChI is InChI=1S/C47H84N2O6/c1-5-9-13-17-19-26-32-42(30-24-15-11-7-3)46(52)54-38-35-49(45(51)44(48-34-37-50)40-41-28-22-21-23-29-41)36-39-55-47(53)43(31-25-16-12-8-4)33-27-20-18-14-10-6-2/h21-23,28-29,42-44,48,50H,5-20,24-27,30-40H2,1-4H3. The van der Waals surface area contributed by atoms with Crippen molar-refractivity contribution < 1.29 is 29.0 Å². The number of nitrogens with one attached hydrogen (secondary N) is 1. The fraction of sp³-hybridized carbons (Fsp3) is 0.809. The Hall–Kier alpha value is -2.45. The predicted molar refractivity (Wildman–Crippen MR) is 228 cm³/mol. The molecule has 1 rings (SSSR count). The van der Waals surface area contributed by atoms with Gasteiger partial charge in [-0.25, -0.2) is 0 Å². The van der Waals surface area contributed by atoms with E-state index < -0.39 is 6.04 Å². The molecule has 0 spiro atoms. The number of ether oxygens (including phenoxy) is 2. The molecule has 0 heterocycles. The zero-order valence-corrected chi connectivity index (χ0v) is 36.0. The highest BCUT2D eigenvalue weighted by Gasteiger charge is 2.27. The molecule has 1 aromatic rings. The quantitative estimate of drug-likeness (QED) is 0.0509. The number of esters is 2. The van der Waals surface area contributed by atoms with Crippen LogP contribution in [0.15, 0.2) is 30.3 Å². The van der Waals surface area contributed by atoms with Crippen molar-refractivity contribution in [2.45, 2.75) is 194 Å². The average Bonchev–Trinajstić information content (AvgIpc) is 3.19. The van der Waals surface area contributed by atoms with Crippen LogP contribution in [0.25, 0.3) is 0 Å². The summed E-state index contributed by atoms with van der Waals surface area (Å²) in [6, 6.07) is 9.25. The van der Waals surface area contributed by atoms with Crippen molar-refractivity contribution in [2.75, 3.05) is 39.5 Å². The molecule has 0 radical (unpaired) electrons. The van der Waals surface area contributed by atoms with E-state index in [9.17, 15) is 19.5 Å². The maximum Gasteiger partial charge on any atom is 0.308 e. The minimum absolute atomic E-state index is 0.0930. The minimum atomic E-state index is -0.584. The van der Waals surface area contributed by atoms with Gasteiger partial charge in [0.1, 0.15) is 13.2 Å². The van der Waals surface area contributed by atoms with Crippen LogP contribution in [-0.4, -0.2) is 73.3 Å². The summed E-state index contributed by atoms with van der Waals surface area (Å²) < 4.78 is 11.8. The molecule has 0 aliphatic carbocycles. The van der Waals surface area contributed by atoms with Crippen LogP contribution in [0, 0.1) is 11.8 Å². The van der Waals surface area contributed by atoms with Gasteiger partial charge in [-0.15, -0.1) is 0 Å². The lowest BCUT2D eigenvalue weighted by Crippen LogP contribution is -2.50. The third-order valence-electron chi connectivity index (χ3n) is 10.9. The number of carbonyl (C=O) groups is 3. The number of nitrogens with zero attached hydrogens (tertiary/aromatic N) is 1. The molecular formula is C47H84N2O6. The summed E-state index contributed by atoms with van der Waals surface area (Å²) >= 11 is 0. The van der Waals surface area contributed by atoms with Crippen LogP contribution >= 0.6 is 0 Å². The predicted octanol–water partition coefficient (Wildman–Crippen LogP) is 10.8. The highest BCUT2D eigenvalue weighted by molar-refractivity contribution is 5.82. The van der Waals surface area contributed by atoms with Crippen LogP contribution in [-0.2, 0) is 30.3 Å². The van der Waals surface area contributed by atoms with Crippen LogP contribution in [0.4, 0.5) is 0 Å². The van der Waals surface area contributed by atoms with Gasteiger partial charge < -0.3 is 24.8 Å². The van der Waals surface area contributed by atoms with Crippen molar-refractivity contribution in [1.82, 2.24) is 10.2 Å². The summed E-state index contributed by atoms with van der Waals surface area (Å²) in [5.74, 6) is -0.722.